The molecule has 0 amide bonds. The fraction of sp³-hybridized carbons (Fsp3) is 0.364. The van der Waals surface area contributed by atoms with Gasteiger partial charge in [0.1, 0.15) is 5.82 Å². The van der Waals surface area contributed by atoms with Gasteiger partial charge in [-0.25, -0.2) is 4.39 Å². The molecule has 132 valence electrons. The highest BCUT2D eigenvalue weighted by molar-refractivity contribution is 6.00. The third-order valence-electron chi connectivity index (χ3n) is 4.66. The summed E-state index contributed by atoms with van der Waals surface area (Å²) in [6.45, 7) is 9.13. The molecule has 2 aromatic carbocycles. The summed E-state index contributed by atoms with van der Waals surface area (Å²) in [5, 5.41) is 7.86. The summed E-state index contributed by atoms with van der Waals surface area (Å²) < 4.78 is 15.3. The highest BCUT2D eigenvalue weighted by Gasteiger charge is 2.22. The van der Waals surface area contributed by atoms with Crippen molar-refractivity contribution in [1.29, 1.82) is 5.41 Å². The Kier molecular flexibility index (Phi) is 5.89. The number of rotatable bonds is 6. The van der Waals surface area contributed by atoms with Gasteiger partial charge in [0.25, 0.3) is 0 Å². The van der Waals surface area contributed by atoms with E-state index in [1.54, 1.807) is 19.9 Å². The molecule has 0 aromatic heterocycles. The number of hydrogen-bond acceptors (Lipinski definition) is 2. The largest absolute Gasteiger partial charge is 0.305 e. The number of carbonyl (C=O) groups excluding carboxylic acids is 1. The molecule has 2 rings (SSSR count). The van der Waals surface area contributed by atoms with Crippen molar-refractivity contribution < 1.29 is 9.18 Å². The molecule has 0 bridgehead atoms. The maximum absolute atomic E-state index is 15.3. The Morgan fingerprint density at radius 2 is 1.68 bits per heavy atom. The van der Waals surface area contributed by atoms with Gasteiger partial charge >= 0.3 is 0 Å². The van der Waals surface area contributed by atoms with Crippen LogP contribution in [0.4, 0.5) is 4.39 Å². The molecule has 0 saturated heterocycles. The maximum Gasteiger partial charge on any atom is 0.160 e. The van der Waals surface area contributed by atoms with E-state index >= 15 is 4.39 Å². The van der Waals surface area contributed by atoms with Gasteiger partial charge in [0.2, 0.25) is 0 Å². The van der Waals surface area contributed by atoms with E-state index in [9.17, 15) is 4.79 Å². The van der Waals surface area contributed by atoms with Gasteiger partial charge in [-0.3, -0.25) is 4.79 Å². The standard InChI is InChI=1S/C22H26FNO/c1-6-8-16-10-12-19(15(5)25)17(7-2)21(16)20-13(3)9-11-18(14(4)24)22(20)23/h9-12,24H,6-8H2,1-5H3. The molecule has 0 unspecified atom stereocenters. The van der Waals surface area contributed by atoms with Crippen LogP contribution in [-0.2, 0) is 12.8 Å². The number of ketones is 1. The van der Waals surface area contributed by atoms with Crippen molar-refractivity contribution in [3.63, 3.8) is 0 Å². The summed E-state index contributed by atoms with van der Waals surface area (Å²) in [6, 6.07) is 7.35. The zero-order valence-corrected chi connectivity index (χ0v) is 15.7. The summed E-state index contributed by atoms with van der Waals surface area (Å²) in [6.07, 6.45) is 2.43. The maximum atomic E-state index is 15.3. The van der Waals surface area contributed by atoms with Crippen LogP contribution < -0.4 is 0 Å². The summed E-state index contributed by atoms with van der Waals surface area (Å²) in [5.74, 6) is -0.362. The molecule has 1 N–H and O–H groups in total. The van der Waals surface area contributed by atoms with E-state index in [1.165, 1.54) is 0 Å². The number of Topliss-reactive ketones (excluding diaryl/α,β-unsaturated/α-hetero) is 1. The molecule has 0 aliphatic carbocycles. The van der Waals surface area contributed by atoms with Crippen LogP contribution in [0.1, 0.15) is 66.7 Å². The van der Waals surface area contributed by atoms with Crippen LogP contribution in [0.2, 0.25) is 0 Å². The number of benzene rings is 2. The van der Waals surface area contributed by atoms with E-state index in [0.29, 0.717) is 23.1 Å². The van der Waals surface area contributed by atoms with Gasteiger partial charge in [-0.1, -0.05) is 38.5 Å². The van der Waals surface area contributed by atoms with Gasteiger partial charge < -0.3 is 5.41 Å². The molecule has 0 radical (unpaired) electrons. The van der Waals surface area contributed by atoms with Crippen LogP contribution in [-0.4, -0.2) is 11.5 Å². The molecule has 25 heavy (non-hydrogen) atoms. The summed E-state index contributed by atoms with van der Waals surface area (Å²) in [7, 11) is 0. The first kappa shape index (κ1) is 19.0. The normalized spacial score (nSPS) is 10.8. The van der Waals surface area contributed by atoms with Crippen molar-refractivity contribution >= 4 is 11.5 Å². The van der Waals surface area contributed by atoms with Gasteiger partial charge in [0.05, 0.1) is 0 Å². The Morgan fingerprint density at radius 3 is 2.20 bits per heavy atom. The third kappa shape index (κ3) is 3.55. The van der Waals surface area contributed by atoms with Crippen LogP contribution in [0.15, 0.2) is 24.3 Å². The first-order chi connectivity index (χ1) is 11.8. The number of carbonyl (C=O) groups is 1. The van der Waals surface area contributed by atoms with Crippen LogP contribution in [0, 0.1) is 18.2 Å². The first-order valence-electron chi connectivity index (χ1n) is 8.84. The number of nitrogens with one attached hydrogen (secondary N) is 1. The predicted octanol–water partition coefficient (Wildman–Crippen LogP) is 5.91. The summed E-state index contributed by atoms with van der Waals surface area (Å²) >= 11 is 0. The zero-order valence-electron chi connectivity index (χ0n) is 15.7. The molecule has 0 atom stereocenters. The minimum Gasteiger partial charge on any atom is -0.305 e. The molecule has 0 spiro atoms. The van der Waals surface area contributed by atoms with Crippen molar-refractivity contribution in [3.8, 4) is 11.1 Å². The van der Waals surface area contributed by atoms with E-state index in [-0.39, 0.29) is 17.3 Å². The highest BCUT2D eigenvalue weighted by atomic mass is 19.1. The van der Waals surface area contributed by atoms with Crippen molar-refractivity contribution in [3.05, 3.63) is 57.9 Å². The van der Waals surface area contributed by atoms with E-state index < -0.39 is 0 Å². The average molecular weight is 339 g/mol. The molecule has 0 heterocycles. The van der Waals surface area contributed by atoms with Crippen molar-refractivity contribution in [1.82, 2.24) is 0 Å². The molecular formula is C22H26FNO. The lowest BCUT2D eigenvalue weighted by Crippen LogP contribution is -2.08. The number of hydrogen-bond donors (Lipinski definition) is 1. The number of aryl methyl sites for hydroxylation is 2. The quantitative estimate of drug-likeness (QED) is 0.516. The fourth-order valence-electron chi connectivity index (χ4n) is 3.45. The lowest BCUT2D eigenvalue weighted by molar-refractivity contribution is 0.101. The predicted molar refractivity (Wildman–Crippen MR) is 102 cm³/mol. The SMILES string of the molecule is CCCc1ccc(C(C)=O)c(CC)c1-c1c(C)ccc(C(C)=N)c1F. The van der Waals surface area contributed by atoms with E-state index in [2.05, 4.69) is 6.92 Å². The van der Waals surface area contributed by atoms with Crippen LogP contribution in [0.5, 0.6) is 0 Å². The fourth-order valence-corrected chi connectivity index (χ4v) is 3.45. The Bertz CT molecular complexity index is 836. The summed E-state index contributed by atoms with van der Waals surface area (Å²) in [5.41, 5.74) is 5.35. The molecule has 0 saturated carbocycles. The minimum atomic E-state index is -0.361. The van der Waals surface area contributed by atoms with Crippen LogP contribution >= 0.6 is 0 Å². The van der Waals surface area contributed by atoms with Crippen molar-refractivity contribution in [2.45, 2.75) is 53.9 Å². The molecule has 2 aromatic rings. The molecular weight excluding hydrogens is 313 g/mol. The monoisotopic (exact) mass is 339 g/mol. The highest BCUT2D eigenvalue weighted by Crippen LogP contribution is 2.37. The van der Waals surface area contributed by atoms with Crippen molar-refractivity contribution in [2.24, 2.45) is 0 Å². The molecule has 0 aliphatic rings. The lowest BCUT2D eigenvalue weighted by atomic mass is 9.84. The molecule has 3 heteroatoms. The zero-order chi connectivity index (χ0) is 18.7. The number of halogens is 1. The van der Waals surface area contributed by atoms with Crippen LogP contribution in [0.3, 0.4) is 0 Å². The van der Waals surface area contributed by atoms with Gasteiger partial charge in [0, 0.05) is 22.4 Å². The van der Waals surface area contributed by atoms with E-state index in [0.717, 1.165) is 35.1 Å². The second-order valence-corrected chi connectivity index (χ2v) is 6.53. The minimum absolute atomic E-state index is 0.00130. The first-order valence-corrected chi connectivity index (χ1v) is 8.84. The molecule has 0 fully saturated rings. The van der Waals surface area contributed by atoms with Gasteiger partial charge in [-0.15, -0.1) is 0 Å². The smallest absolute Gasteiger partial charge is 0.160 e. The van der Waals surface area contributed by atoms with Crippen LogP contribution in [0.25, 0.3) is 11.1 Å². The lowest BCUT2D eigenvalue weighted by Gasteiger charge is -2.20. The van der Waals surface area contributed by atoms with Crippen molar-refractivity contribution in [2.75, 3.05) is 0 Å². The topological polar surface area (TPSA) is 40.9 Å². The Hall–Kier alpha value is -2.29. The molecule has 2 nitrogen and oxygen atoms in total. The third-order valence-corrected chi connectivity index (χ3v) is 4.66. The van der Waals surface area contributed by atoms with Gasteiger partial charge in [-0.05, 0) is 61.9 Å². The Labute approximate surface area is 149 Å². The van der Waals surface area contributed by atoms with Gasteiger partial charge in [-0.2, -0.15) is 0 Å². The summed E-state index contributed by atoms with van der Waals surface area (Å²) in [4.78, 5) is 12.1. The Morgan fingerprint density at radius 1 is 1.04 bits per heavy atom. The van der Waals surface area contributed by atoms with E-state index in [4.69, 9.17) is 5.41 Å². The molecule has 0 aliphatic heterocycles. The Balaban J connectivity index is 2.94. The van der Waals surface area contributed by atoms with Gasteiger partial charge in [0.15, 0.2) is 5.78 Å². The average Bonchev–Trinajstić information content (AvgIpc) is 2.55. The second-order valence-electron chi connectivity index (χ2n) is 6.53. The second kappa shape index (κ2) is 7.73. The van der Waals surface area contributed by atoms with E-state index in [1.807, 2.05) is 32.0 Å².